The summed E-state index contributed by atoms with van der Waals surface area (Å²) < 4.78 is 29.7. The number of unbranched alkanes of at least 4 members (excludes halogenated alkanes) is 1. The zero-order chi connectivity index (χ0) is 8.91. The van der Waals surface area contributed by atoms with Gasteiger partial charge in [0.15, 0.2) is 0 Å². The van der Waals surface area contributed by atoms with E-state index in [1.165, 1.54) is 6.08 Å². The minimum absolute atomic E-state index is 0. The zero-order valence-electron chi connectivity index (χ0n) is 6.66. The van der Waals surface area contributed by atoms with E-state index in [0.29, 0.717) is 6.42 Å². The first-order valence-corrected chi connectivity index (χ1v) is 5.11. The average molecular weight is 202 g/mol. The van der Waals surface area contributed by atoms with Gasteiger partial charge in [-0.2, -0.15) is 8.42 Å². The van der Waals surface area contributed by atoms with Crippen LogP contribution in [-0.2, 0) is 10.1 Å². The van der Waals surface area contributed by atoms with E-state index in [4.69, 9.17) is 4.55 Å². The van der Waals surface area contributed by atoms with Gasteiger partial charge in [-0.15, -0.1) is 6.58 Å². The van der Waals surface area contributed by atoms with Crippen molar-refractivity contribution in [3.05, 3.63) is 12.7 Å². The molecule has 0 aliphatic rings. The van der Waals surface area contributed by atoms with Crippen molar-refractivity contribution in [3.8, 4) is 0 Å². The van der Waals surface area contributed by atoms with Crippen molar-refractivity contribution in [2.45, 2.75) is 31.4 Å². The van der Waals surface area contributed by atoms with Crippen LogP contribution in [0.1, 0.15) is 26.2 Å². The molecule has 0 aliphatic carbocycles. The maximum atomic E-state index is 10.6. The fourth-order valence-electron chi connectivity index (χ4n) is 0.794. The molecule has 0 radical (unpaired) electrons. The second-order valence-electron chi connectivity index (χ2n) is 2.43. The topological polar surface area (TPSA) is 54.4 Å². The second-order valence-corrected chi connectivity index (χ2v) is 4.07. The summed E-state index contributed by atoms with van der Waals surface area (Å²) in [5.74, 6) is 0. The monoisotopic (exact) mass is 202 g/mol. The first-order valence-electron chi connectivity index (χ1n) is 3.61. The van der Waals surface area contributed by atoms with Crippen LogP contribution in [0.5, 0.6) is 0 Å². The quantitative estimate of drug-likeness (QED) is 0.410. The Hall–Kier alpha value is 0.650. The summed E-state index contributed by atoms with van der Waals surface area (Å²) in [6.07, 6.45) is 3.43. The molecule has 5 heteroatoms. The molecule has 0 saturated heterocycles. The van der Waals surface area contributed by atoms with Gasteiger partial charge in [0.2, 0.25) is 0 Å². The van der Waals surface area contributed by atoms with Crippen LogP contribution < -0.4 is 0 Å². The van der Waals surface area contributed by atoms with Gasteiger partial charge in [-0.25, -0.2) is 0 Å². The molecule has 0 aromatic rings. The fourth-order valence-corrected chi connectivity index (χ4v) is 1.50. The van der Waals surface area contributed by atoms with Crippen LogP contribution in [0, 0.1) is 0 Å². The minimum atomic E-state index is -3.91. The fraction of sp³-hybridized carbons (Fsp3) is 0.714. The molecule has 3 nitrogen and oxygen atoms in total. The molecule has 0 aromatic heterocycles. The summed E-state index contributed by atoms with van der Waals surface area (Å²) in [7, 11) is -3.91. The van der Waals surface area contributed by atoms with Crippen molar-refractivity contribution in [1.29, 1.82) is 0 Å². The van der Waals surface area contributed by atoms with Crippen molar-refractivity contribution < 1.29 is 13.0 Å². The summed E-state index contributed by atoms with van der Waals surface area (Å²) >= 11 is 0. The van der Waals surface area contributed by atoms with Crippen molar-refractivity contribution >= 4 is 39.7 Å². The summed E-state index contributed by atoms with van der Waals surface area (Å²) in [4.78, 5) is 0. The standard InChI is InChI=1S/C7H14O3S.Na.H/c1-3-5-6-7(4-2)11(8,9)10;;/h4,7H,2-3,5-6H2,1H3,(H,8,9,10);;. The Bertz CT molecular complexity index is 211. The van der Waals surface area contributed by atoms with E-state index in [1.807, 2.05) is 6.92 Å². The number of hydrogen-bond donors (Lipinski definition) is 1. The van der Waals surface area contributed by atoms with Crippen LogP contribution in [-0.4, -0.2) is 47.8 Å². The van der Waals surface area contributed by atoms with Gasteiger partial charge >= 0.3 is 29.6 Å². The van der Waals surface area contributed by atoms with E-state index in [1.54, 1.807) is 0 Å². The van der Waals surface area contributed by atoms with Crippen LogP contribution in [0.25, 0.3) is 0 Å². The van der Waals surface area contributed by atoms with Crippen molar-refractivity contribution in [3.63, 3.8) is 0 Å². The van der Waals surface area contributed by atoms with Crippen molar-refractivity contribution in [2.75, 3.05) is 0 Å². The van der Waals surface area contributed by atoms with Crippen molar-refractivity contribution in [1.82, 2.24) is 0 Å². The third-order valence-electron chi connectivity index (χ3n) is 1.49. The van der Waals surface area contributed by atoms with Gasteiger partial charge in [0.05, 0.1) is 0 Å². The molecule has 0 rings (SSSR count). The molecular formula is C7H15NaO3S. The molecule has 1 atom stereocenters. The molecule has 0 aromatic carbocycles. The first kappa shape index (κ1) is 15.1. The van der Waals surface area contributed by atoms with Gasteiger partial charge < -0.3 is 0 Å². The molecule has 0 spiro atoms. The summed E-state index contributed by atoms with van der Waals surface area (Å²) in [5, 5.41) is -0.789. The van der Waals surface area contributed by atoms with Gasteiger partial charge in [-0.05, 0) is 6.42 Å². The normalized spacial score (nSPS) is 13.2. The van der Waals surface area contributed by atoms with E-state index >= 15 is 0 Å². The van der Waals surface area contributed by atoms with Gasteiger partial charge in [0.1, 0.15) is 5.25 Å². The summed E-state index contributed by atoms with van der Waals surface area (Å²) in [5.41, 5.74) is 0. The van der Waals surface area contributed by atoms with Crippen LogP contribution >= 0.6 is 0 Å². The summed E-state index contributed by atoms with van der Waals surface area (Å²) in [6, 6.07) is 0. The third kappa shape index (κ3) is 6.20. The van der Waals surface area contributed by atoms with E-state index in [9.17, 15) is 8.42 Å². The second kappa shape index (κ2) is 7.09. The van der Waals surface area contributed by atoms with Crippen LogP contribution in [0.15, 0.2) is 12.7 Å². The Kier molecular flexibility index (Phi) is 8.95. The molecule has 0 bridgehead atoms. The van der Waals surface area contributed by atoms with E-state index in [0.717, 1.165) is 12.8 Å². The van der Waals surface area contributed by atoms with E-state index < -0.39 is 15.4 Å². The Morgan fingerprint density at radius 1 is 1.58 bits per heavy atom. The Balaban J connectivity index is 0. The van der Waals surface area contributed by atoms with Crippen molar-refractivity contribution in [2.24, 2.45) is 0 Å². The third-order valence-corrected chi connectivity index (χ3v) is 2.68. The Morgan fingerprint density at radius 2 is 2.08 bits per heavy atom. The molecule has 0 amide bonds. The first-order chi connectivity index (χ1) is 5.02. The molecule has 1 N–H and O–H groups in total. The maximum absolute atomic E-state index is 10.6. The zero-order valence-corrected chi connectivity index (χ0v) is 7.47. The predicted molar refractivity (Wildman–Crippen MR) is 52.2 cm³/mol. The molecule has 0 heterocycles. The van der Waals surface area contributed by atoms with Gasteiger partial charge in [0, 0.05) is 0 Å². The SMILES string of the molecule is C=CC(CCCC)S(=O)(=O)O.[NaH]. The number of rotatable bonds is 5. The van der Waals surface area contributed by atoms with E-state index in [2.05, 4.69) is 6.58 Å². The summed E-state index contributed by atoms with van der Waals surface area (Å²) in [6.45, 7) is 5.30. The van der Waals surface area contributed by atoms with Crippen LogP contribution in [0.4, 0.5) is 0 Å². The Labute approximate surface area is 96.3 Å². The molecular weight excluding hydrogens is 187 g/mol. The molecule has 12 heavy (non-hydrogen) atoms. The molecule has 68 valence electrons. The number of hydrogen-bond acceptors (Lipinski definition) is 2. The van der Waals surface area contributed by atoms with Gasteiger partial charge in [-0.3, -0.25) is 4.55 Å². The van der Waals surface area contributed by atoms with Gasteiger partial charge in [0.25, 0.3) is 10.1 Å². The molecule has 0 saturated carbocycles. The molecule has 1 unspecified atom stereocenters. The van der Waals surface area contributed by atoms with Crippen LogP contribution in [0.2, 0.25) is 0 Å². The van der Waals surface area contributed by atoms with E-state index in [-0.39, 0.29) is 29.6 Å². The average Bonchev–Trinajstić information content (AvgIpc) is 1.87. The van der Waals surface area contributed by atoms with Crippen LogP contribution in [0.3, 0.4) is 0 Å². The predicted octanol–water partition coefficient (Wildman–Crippen LogP) is 0.970. The molecule has 0 fully saturated rings. The molecule has 0 aliphatic heterocycles. The Morgan fingerprint density at radius 3 is 2.33 bits per heavy atom. The van der Waals surface area contributed by atoms with Gasteiger partial charge in [-0.1, -0.05) is 25.8 Å².